The minimum atomic E-state index is -3.65. The van der Waals surface area contributed by atoms with Crippen LogP contribution in [-0.4, -0.2) is 39.4 Å². The molecule has 106 valence electrons. The number of carbonyl (C=O) groups excluding carboxylic acids is 1. The second kappa shape index (κ2) is 6.12. The normalized spacial score (nSPS) is 13.1. The maximum Gasteiger partial charge on any atom is 0.239 e. The SMILES string of the molecule is C[C@@H](NS(=O)(=O)Cc1ccc(F)cc1)C(=O)N(C)C. The van der Waals surface area contributed by atoms with E-state index in [9.17, 15) is 17.6 Å². The maximum absolute atomic E-state index is 12.7. The maximum atomic E-state index is 12.7. The summed E-state index contributed by atoms with van der Waals surface area (Å²) >= 11 is 0. The van der Waals surface area contributed by atoms with Gasteiger partial charge < -0.3 is 4.90 Å². The Hall–Kier alpha value is -1.47. The number of carbonyl (C=O) groups is 1. The second-order valence-electron chi connectivity index (χ2n) is 4.46. The van der Waals surface area contributed by atoms with Crippen LogP contribution in [0.25, 0.3) is 0 Å². The lowest BCUT2D eigenvalue weighted by molar-refractivity contribution is -0.130. The molecule has 0 aliphatic carbocycles. The molecule has 0 radical (unpaired) electrons. The van der Waals surface area contributed by atoms with Crippen LogP contribution in [0, 0.1) is 5.82 Å². The fourth-order valence-electron chi connectivity index (χ4n) is 1.55. The van der Waals surface area contributed by atoms with Crippen LogP contribution in [0.15, 0.2) is 24.3 Å². The van der Waals surface area contributed by atoms with Gasteiger partial charge >= 0.3 is 0 Å². The van der Waals surface area contributed by atoms with Gasteiger partial charge in [0.05, 0.1) is 11.8 Å². The van der Waals surface area contributed by atoms with E-state index in [1.54, 1.807) is 14.1 Å². The molecule has 19 heavy (non-hydrogen) atoms. The van der Waals surface area contributed by atoms with Crippen molar-refractivity contribution in [3.05, 3.63) is 35.6 Å². The van der Waals surface area contributed by atoms with Crippen molar-refractivity contribution in [2.45, 2.75) is 18.7 Å². The summed E-state index contributed by atoms with van der Waals surface area (Å²) in [7, 11) is -0.548. The Morgan fingerprint density at radius 3 is 2.32 bits per heavy atom. The second-order valence-corrected chi connectivity index (χ2v) is 6.21. The van der Waals surface area contributed by atoms with Crippen LogP contribution >= 0.6 is 0 Å². The first-order valence-corrected chi connectivity index (χ1v) is 7.32. The lowest BCUT2D eigenvalue weighted by Crippen LogP contribution is -2.44. The molecule has 1 N–H and O–H groups in total. The number of likely N-dealkylation sites (N-methyl/N-ethyl adjacent to an activating group) is 1. The van der Waals surface area contributed by atoms with Gasteiger partial charge in [-0.2, -0.15) is 0 Å². The number of nitrogens with one attached hydrogen (secondary N) is 1. The first-order valence-electron chi connectivity index (χ1n) is 5.67. The number of rotatable bonds is 5. The Bertz CT molecular complexity index is 541. The van der Waals surface area contributed by atoms with E-state index in [0.29, 0.717) is 5.56 Å². The number of halogens is 1. The van der Waals surface area contributed by atoms with Crippen molar-refractivity contribution >= 4 is 15.9 Å². The van der Waals surface area contributed by atoms with Crippen LogP contribution in [0.1, 0.15) is 12.5 Å². The summed E-state index contributed by atoms with van der Waals surface area (Å²) in [5.74, 6) is -1.05. The zero-order chi connectivity index (χ0) is 14.6. The summed E-state index contributed by atoms with van der Waals surface area (Å²) in [6, 6.07) is 4.35. The van der Waals surface area contributed by atoms with E-state index in [1.807, 2.05) is 0 Å². The standard InChI is InChI=1S/C12H17FN2O3S/c1-9(12(16)15(2)3)14-19(17,18)8-10-4-6-11(13)7-5-10/h4-7,9,14H,8H2,1-3H3/t9-/m1/s1. The quantitative estimate of drug-likeness (QED) is 0.868. The average molecular weight is 288 g/mol. The third kappa shape index (κ3) is 4.96. The molecular formula is C12H17FN2O3S. The summed E-state index contributed by atoms with van der Waals surface area (Å²) in [6.07, 6.45) is 0. The number of amides is 1. The fraction of sp³-hybridized carbons (Fsp3) is 0.417. The Morgan fingerprint density at radius 2 is 1.84 bits per heavy atom. The first-order chi connectivity index (χ1) is 8.71. The molecule has 0 fully saturated rings. The van der Waals surface area contributed by atoms with Crippen LogP contribution in [0.3, 0.4) is 0 Å². The van der Waals surface area contributed by atoms with Gasteiger partial charge in [-0.25, -0.2) is 17.5 Å². The molecule has 0 unspecified atom stereocenters. The van der Waals surface area contributed by atoms with E-state index in [-0.39, 0.29) is 11.7 Å². The Morgan fingerprint density at radius 1 is 1.32 bits per heavy atom. The summed E-state index contributed by atoms with van der Waals surface area (Å²) in [4.78, 5) is 12.9. The Kier molecular flexibility index (Phi) is 5.02. The largest absolute Gasteiger partial charge is 0.347 e. The van der Waals surface area contributed by atoms with Crippen molar-refractivity contribution in [2.24, 2.45) is 0 Å². The lowest BCUT2D eigenvalue weighted by Gasteiger charge is -2.18. The zero-order valence-corrected chi connectivity index (χ0v) is 11.9. The molecule has 7 heteroatoms. The van der Waals surface area contributed by atoms with Gasteiger partial charge in [-0.05, 0) is 24.6 Å². The van der Waals surface area contributed by atoms with Gasteiger partial charge in [0.25, 0.3) is 0 Å². The lowest BCUT2D eigenvalue weighted by atomic mass is 10.2. The van der Waals surface area contributed by atoms with Crippen molar-refractivity contribution in [1.29, 1.82) is 0 Å². The molecule has 1 rings (SSSR count). The minimum Gasteiger partial charge on any atom is -0.347 e. The summed E-state index contributed by atoms with van der Waals surface area (Å²) < 4.78 is 38.7. The first kappa shape index (κ1) is 15.6. The van der Waals surface area contributed by atoms with Crippen molar-refractivity contribution in [3.63, 3.8) is 0 Å². The van der Waals surface area contributed by atoms with E-state index < -0.39 is 21.9 Å². The van der Waals surface area contributed by atoms with Crippen molar-refractivity contribution in [2.75, 3.05) is 14.1 Å². The third-order valence-electron chi connectivity index (χ3n) is 2.44. The number of benzene rings is 1. The molecule has 0 aromatic heterocycles. The number of hydrogen-bond donors (Lipinski definition) is 1. The van der Waals surface area contributed by atoms with Crippen molar-refractivity contribution in [3.8, 4) is 0 Å². The monoisotopic (exact) mass is 288 g/mol. The van der Waals surface area contributed by atoms with Gasteiger partial charge in [0.1, 0.15) is 5.82 Å². The summed E-state index contributed by atoms with van der Waals surface area (Å²) in [6.45, 7) is 1.48. The van der Waals surface area contributed by atoms with Crippen LogP contribution in [-0.2, 0) is 20.6 Å². The molecule has 1 aromatic rings. The predicted molar refractivity (Wildman–Crippen MR) is 70.3 cm³/mol. The molecule has 1 amide bonds. The molecule has 0 aliphatic heterocycles. The van der Waals surface area contributed by atoms with Crippen molar-refractivity contribution in [1.82, 2.24) is 9.62 Å². The highest BCUT2D eigenvalue weighted by molar-refractivity contribution is 7.88. The Balaban J connectivity index is 2.72. The van der Waals surface area contributed by atoms with E-state index in [1.165, 1.54) is 36.1 Å². The minimum absolute atomic E-state index is 0.293. The van der Waals surface area contributed by atoms with Gasteiger partial charge in [-0.1, -0.05) is 12.1 Å². The van der Waals surface area contributed by atoms with E-state index in [0.717, 1.165) is 0 Å². The predicted octanol–water partition coefficient (Wildman–Crippen LogP) is 0.722. The summed E-state index contributed by atoms with van der Waals surface area (Å²) in [5.41, 5.74) is 0.457. The molecule has 0 heterocycles. The number of nitrogens with zero attached hydrogens (tertiary/aromatic N) is 1. The third-order valence-corrected chi connectivity index (χ3v) is 3.86. The smallest absolute Gasteiger partial charge is 0.239 e. The van der Waals surface area contributed by atoms with Gasteiger partial charge in [-0.15, -0.1) is 0 Å². The molecule has 0 saturated carbocycles. The number of hydrogen-bond acceptors (Lipinski definition) is 3. The van der Waals surface area contributed by atoms with Crippen LogP contribution in [0.4, 0.5) is 4.39 Å². The topological polar surface area (TPSA) is 66.5 Å². The highest BCUT2D eigenvalue weighted by atomic mass is 32.2. The van der Waals surface area contributed by atoms with E-state index in [4.69, 9.17) is 0 Å². The molecule has 5 nitrogen and oxygen atoms in total. The van der Waals surface area contributed by atoms with Crippen LogP contribution in [0.5, 0.6) is 0 Å². The molecule has 0 spiro atoms. The molecule has 0 aliphatic rings. The number of sulfonamides is 1. The summed E-state index contributed by atoms with van der Waals surface area (Å²) in [5, 5.41) is 0. The van der Waals surface area contributed by atoms with Gasteiger partial charge in [0, 0.05) is 14.1 Å². The molecule has 1 aromatic carbocycles. The zero-order valence-electron chi connectivity index (χ0n) is 11.1. The van der Waals surface area contributed by atoms with Crippen LogP contribution < -0.4 is 4.72 Å². The fourth-order valence-corrected chi connectivity index (χ4v) is 2.90. The van der Waals surface area contributed by atoms with Gasteiger partial charge in [0.15, 0.2) is 0 Å². The van der Waals surface area contributed by atoms with Gasteiger partial charge in [0.2, 0.25) is 15.9 Å². The van der Waals surface area contributed by atoms with E-state index in [2.05, 4.69) is 4.72 Å². The molecule has 0 saturated heterocycles. The van der Waals surface area contributed by atoms with Crippen LogP contribution in [0.2, 0.25) is 0 Å². The highest BCUT2D eigenvalue weighted by Gasteiger charge is 2.21. The van der Waals surface area contributed by atoms with E-state index >= 15 is 0 Å². The molecular weight excluding hydrogens is 271 g/mol. The highest BCUT2D eigenvalue weighted by Crippen LogP contribution is 2.07. The molecule has 1 atom stereocenters. The van der Waals surface area contributed by atoms with Gasteiger partial charge in [-0.3, -0.25) is 4.79 Å². The van der Waals surface area contributed by atoms with Crippen molar-refractivity contribution < 1.29 is 17.6 Å². The molecule has 0 bridgehead atoms. The Labute approximate surface area is 112 Å². The average Bonchev–Trinajstić information content (AvgIpc) is 2.30.